The fourth-order valence-corrected chi connectivity index (χ4v) is 1.79. The highest BCUT2D eigenvalue weighted by Crippen LogP contribution is 2.31. The van der Waals surface area contributed by atoms with Gasteiger partial charge in [-0.15, -0.1) is 0 Å². The lowest BCUT2D eigenvalue weighted by Crippen LogP contribution is -2.13. The Labute approximate surface area is 98.2 Å². The molecule has 0 saturated heterocycles. The van der Waals surface area contributed by atoms with Gasteiger partial charge >= 0.3 is 0 Å². The number of hydrogen-bond donors (Lipinski definition) is 2. The summed E-state index contributed by atoms with van der Waals surface area (Å²) in [4.78, 5) is 11.6. The number of H-pyrrole nitrogens is 1. The lowest BCUT2D eigenvalue weighted by molar-refractivity contribution is -0.117. The number of amides is 1. The molecule has 0 bridgehead atoms. The Kier molecular flexibility index (Phi) is 2.24. The Hall–Kier alpha value is -2.04. The van der Waals surface area contributed by atoms with Gasteiger partial charge in [-0.3, -0.25) is 9.89 Å². The van der Waals surface area contributed by atoms with Crippen molar-refractivity contribution >= 4 is 22.6 Å². The molecule has 1 aliphatic rings. The van der Waals surface area contributed by atoms with E-state index in [0.717, 1.165) is 29.5 Å². The van der Waals surface area contributed by atoms with Crippen molar-refractivity contribution in [1.29, 1.82) is 0 Å². The van der Waals surface area contributed by atoms with Crippen LogP contribution in [0, 0.1) is 5.92 Å². The molecule has 5 nitrogen and oxygen atoms in total. The second kappa shape index (κ2) is 3.76. The van der Waals surface area contributed by atoms with E-state index in [1.165, 1.54) is 0 Å². The highest BCUT2D eigenvalue weighted by Gasteiger charge is 2.30. The molecular weight excluding hydrogens is 218 g/mol. The summed E-state index contributed by atoms with van der Waals surface area (Å²) in [6.07, 6.45) is 1.98. The van der Waals surface area contributed by atoms with Gasteiger partial charge in [0.25, 0.3) is 0 Å². The van der Waals surface area contributed by atoms with Crippen LogP contribution in [0.5, 0.6) is 5.75 Å². The molecule has 2 N–H and O–H groups in total. The second-order valence-electron chi connectivity index (χ2n) is 4.25. The van der Waals surface area contributed by atoms with Crippen molar-refractivity contribution in [2.45, 2.75) is 12.8 Å². The van der Waals surface area contributed by atoms with Crippen molar-refractivity contribution < 1.29 is 9.53 Å². The van der Waals surface area contributed by atoms with Gasteiger partial charge in [0.05, 0.1) is 12.6 Å². The summed E-state index contributed by atoms with van der Waals surface area (Å²) in [5, 5.41) is 10.7. The topological polar surface area (TPSA) is 67.0 Å². The average molecular weight is 231 g/mol. The van der Waals surface area contributed by atoms with Crippen LogP contribution < -0.4 is 10.1 Å². The number of ether oxygens (including phenoxy) is 1. The third kappa shape index (κ3) is 1.84. The predicted octanol–water partition coefficient (Wildman–Crippen LogP) is 1.92. The first-order chi connectivity index (χ1) is 8.28. The summed E-state index contributed by atoms with van der Waals surface area (Å²) in [5.74, 6) is 1.61. The number of carbonyl (C=O) groups excluding carboxylic acids is 1. The average Bonchev–Trinajstić information content (AvgIpc) is 3.13. The fourth-order valence-electron chi connectivity index (χ4n) is 1.79. The molecule has 17 heavy (non-hydrogen) atoms. The fraction of sp³-hybridized carbons (Fsp3) is 0.333. The zero-order chi connectivity index (χ0) is 11.8. The number of hydrogen-bond acceptors (Lipinski definition) is 3. The van der Waals surface area contributed by atoms with E-state index >= 15 is 0 Å². The minimum atomic E-state index is 0.0641. The summed E-state index contributed by atoms with van der Waals surface area (Å²) < 4.78 is 5.13. The highest BCUT2D eigenvalue weighted by atomic mass is 16.5. The summed E-state index contributed by atoms with van der Waals surface area (Å²) in [5.41, 5.74) is 0.857. The minimum Gasteiger partial charge on any atom is -0.497 e. The Morgan fingerprint density at radius 1 is 1.53 bits per heavy atom. The van der Waals surface area contributed by atoms with Crippen LogP contribution in [0.15, 0.2) is 18.2 Å². The van der Waals surface area contributed by atoms with E-state index in [2.05, 4.69) is 15.5 Å². The summed E-state index contributed by atoms with van der Waals surface area (Å²) in [6.45, 7) is 0. The van der Waals surface area contributed by atoms with E-state index in [-0.39, 0.29) is 11.8 Å². The molecule has 0 unspecified atom stereocenters. The van der Waals surface area contributed by atoms with E-state index < -0.39 is 0 Å². The molecule has 0 aliphatic heterocycles. The lowest BCUT2D eigenvalue weighted by atomic mass is 10.2. The number of fused-ring (bicyclic) bond motifs is 1. The molecule has 3 rings (SSSR count). The standard InChI is InChI=1S/C12H13N3O2/c1-17-8-4-5-9-10(6-8)14-15-11(9)13-12(16)7-2-3-7/h4-7H,2-3H2,1H3,(H2,13,14,15,16). The monoisotopic (exact) mass is 231 g/mol. The maximum Gasteiger partial charge on any atom is 0.228 e. The van der Waals surface area contributed by atoms with Crippen LogP contribution in [0.4, 0.5) is 5.82 Å². The maximum absolute atomic E-state index is 11.6. The summed E-state index contributed by atoms with van der Waals surface area (Å²) in [7, 11) is 1.62. The number of rotatable bonds is 3. The summed E-state index contributed by atoms with van der Waals surface area (Å²) >= 11 is 0. The van der Waals surface area contributed by atoms with E-state index in [4.69, 9.17) is 4.74 Å². The number of aromatic amines is 1. The Morgan fingerprint density at radius 2 is 2.35 bits per heavy atom. The van der Waals surface area contributed by atoms with Crippen LogP contribution in [-0.4, -0.2) is 23.2 Å². The first kappa shape index (κ1) is 10.1. The van der Waals surface area contributed by atoms with Crippen LogP contribution in [0.3, 0.4) is 0 Å². The number of anilines is 1. The van der Waals surface area contributed by atoms with Crippen LogP contribution in [-0.2, 0) is 4.79 Å². The van der Waals surface area contributed by atoms with Crippen molar-refractivity contribution in [2.75, 3.05) is 12.4 Å². The number of nitrogens with zero attached hydrogens (tertiary/aromatic N) is 1. The molecule has 0 atom stereocenters. The van der Waals surface area contributed by atoms with E-state index in [0.29, 0.717) is 5.82 Å². The van der Waals surface area contributed by atoms with Crippen molar-refractivity contribution in [3.63, 3.8) is 0 Å². The molecule has 88 valence electrons. The molecule has 1 heterocycles. The predicted molar refractivity (Wildman–Crippen MR) is 64.0 cm³/mol. The Bertz CT molecular complexity index is 572. The molecule has 1 fully saturated rings. The van der Waals surface area contributed by atoms with Gasteiger partial charge in [0, 0.05) is 17.4 Å². The van der Waals surface area contributed by atoms with Crippen molar-refractivity contribution in [2.24, 2.45) is 5.92 Å². The maximum atomic E-state index is 11.6. The quantitative estimate of drug-likeness (QED) is 0.848. The lowest BCUT2D eigenvalue weighted by Gasteiger charge is -2.01. The smallest absolute Gasteiger partial charge is 0.228 e. The number of nitrogens with one attached hydrogen (secondary N) is 2. The Morgan fingerprint density at radius 3 is 3.06 bits per heavy atom. The molecule has 5 heteroatoms. The molecule has 1 aliphatic carbocycles. The molecule has 0 radical (unpaired) electrons. The van der Waals surface area contributed by atoms with Crippen LogP contribution >= 0.6 is 0 Å². The van der Waals surface area contributed by atoms with Crippen LogP contribution in [0.25, 0.3) is 10.9 Å². The third-order valence-electron chi connectivity index (χ3n) is 2.96. The summed E-state index contributed by atoms with van der Waals surface area (Å²) in [6, 6.07) is 5.60. The number of benzene rings is 1. The van der Waals surface area contributed by atoms with Gasteiger partial charge in [0.2, 0.25) is 5.91 Å². The van der Waals surface area contributed by atoms with E-state index in [1.54, 1.807) is 7.11 Å². The molecule has 1 saturated carbocycles. The van der Waals surface area contributed by atoms with Gasteiger partial charge in [0.1, 0.15) is 5.75 Å². The molecule has 1 amide bonds. The zero-order valence-electron chi connectivity index (χ0n) is 9.49. The van der Waals surface area contributed by atoms with Gasteiger partial charge in [0.15, 0.2) is 5.82 Å². The Balaban J connectivity index is 1.91. The zero-order valence-corrected chi connectivity index (χ0v) is 9.49. The van der Waals surface area contributed by atoms with Gasteiger partial charge in [-0.1, -0.05) is 0 Å². The third-order valence-corrected chi connectivity index (χ3v) is 2.96. The normalized spacial score (nSPS) is 14.9. The largest absolute Gasteiger partial charge is 0.497 e. The number of methoxy groups -OCH3 is 1. The van der Waals surface area contributed by atoms with Gasteiger partial charge in [-0.25, -0.2) is 0 Å². The molecular formula is C12H13N3O2. The van der Waals surface area contributed by atoms with Crippen LogP contribution in [0.1, 0.15) is 12.8 Å². The van der Waals surface area contributed by atoms with E-state index in [9.17, 15) is 4.79 Å². The molecule has 0 spiro atoms. The highest BCUT2D eigenvalue weighted by molar-refractivity contribution is 6.01. The van der Waals surface area contributed by atoms with Crippen molar-refractivity contribution in [1.82, 2.24) is 10.2 Å². The molecule has 2 aromatic rings. The second-order valence-corrected chi connectivity index (χ2v) is 4.25. The number of aromatic nitrogens is 2. The van der Waals surface area contributed by atoms with Crippen LogP contribution in [0.2, 0.25) is 0 Å². The molecule has 1 aromatic heterocycles. The van der Waals surface area contributed by atoms with E-state index in [1.807, 2.05) is 18.2 Å². The first-order valence-electron chi connectivity index (χ1n) is 5.61. The van der Waals surface area contributed by atoms with Gasteiger partial charge < -0.3 is 10.1 Å². The number of carbonyl (C=O) groups is 1. The van der Waals surface area contributed by atoms with Crippen molar-refractivity contribution in [3.05, 3.63) is 18.2 Å². The van der Waals surface area contributed by atoms with Crippen molar-refractivity contribution in [3.8, 4) is 5.75 Å². The van der Waals surface area contributed by atoms with Gasteiger partial charge in [-0.2, -0.15) is 5.10 Å². The minimum absolute atomic E-state index is 0.0641. The first-order valence-corrected chi connectivity index (χ1v) is 5.61. The SMILES string of the molecule is COc1ccc2c(NC(=O)C3CC3)n[nH]c2c1. The van der Waals surface area contributed by atoms with Gasteiger partial charge in [-0.05, 0) is 25.0 Å². The molecule has 1 aromatic carbocycles.